The summed E-state index contributed by atoms with van der Waals surface area (Å²) in [6, 6.07) is 12.8. The Morgan fingerprint density at radius 3 is 2.78 bits per heavy atom. The number of ether oxygens (including phenoxy) is 1. The van der Waals surface area contributed by atoms with Gasteiger partial charge in [-0.3, -0.25) is 0 Å². The van der Waals surface area contributed by atoms with Crippen LogP contribution in [-0.2, 0) is 4.74 Å². The number of nitrogens with zero attached hydrogens (tertiary/aromatic N) is 3. The number of nitriles is 1. The van der Waals surface area contributed by atoms with Crippen LogP contribution in [0.1, 0.15) is 19.4 Å². The maximum Gasteiger partial charge on any atom is 0.435 e. The van der Waals surface area contributed by atoms with E-state index < -0.39 is 6.09 Å². The number of rotatable bonds is 4. The van der Waals surface area contributed by atoms with E-state index in [-0.39, 0.29) is 5.92 Å². The van der Waals surface area contributed by atoms with Crippen molar-refractivity contribution in [2.24, 2.45) is 5.92 Å². The van der Waals surface area contributed by atoms with E-state index in [4.69, 9.17) is 21.6 Å². The topological polar surface area (TPSA) is 79.9 Å². The smallest absolute Gasteiger partial charge is 0.435 e. The number of fused-ring (bicyclic) bond motifs is 1. The van der Waals surface area contributed by atoms with Crippen LogP contribution in [0.4, 0.5) is 10.6 Å². The van der Waals surface area contributed by atoms with Crippen LogP contribution in [0, 0.1) is 17.2 Å². The molecule has 2 aromatic carbocycles. The molecule has 138 valence electrons. The molecule has 0 aliphatic heterocycles. The van der Waals surface area contributed by atoms with Crippen LogP contribution in [-0.4, -0.2) is 29.5 Å². The number of benzene rings is 2. The molecule has 0 bridgehead atoms. The summed E-state index contributed by atoms with van der Waals surface area (Å²) in [7, 11) is 1.74. The third-order valence-corrected chi connectivity index (χ3v) is 4.37. The Balaban J connectivity index is 2.08. The molecule has 3 rings (SSSR count). The molecule has 0 saturated heterocycles. The lowest BCUT2D eigenvalue weighted by atomic mass is 10.0. The highest BCUT2D eigenvalue weighted by Gasteiger charge is 2.18. The first-order chi connectivity index (χ1) is 12.9. The number of carbonyl (C=O) groups excluding carboxylic acids is 1. The van der Waals surface area contributed by atoms with Gasteiger partial charge in [-0.25, -0.2) is 4.79 Å². The predicted octanol–water partition coefficient (Wildman–Crippen LogP) is 4.91. The summed E-state index contributed by atoms with van der Waals surface area (Å²) in [6.45, 7) is 4.27. The molecule has 0 atom stereocenters. The quantitative estimate of drug-likeness (QED) is 0.693. The monoisotopic (exact) mass is 382 g/mol. The third-order valence-electron chi connectivity index (χ3n) is 4.04. The molecule has 3 aromatic rings. The van der Waals surface area contributed by atoms with Crippen molar-refractivity contribution in [2.45, 2.75) is 13.8 Å². The van der Waals surface area contributed by atoms with Crippen LogP contribution >= 0.6 is 11.6 Å². The Morgan fingerprint density at radius 2 is 2.11 bits per heavy atom. The van der Waals surface area contributed by atoms with Gasteiger partial charge in [-0.1, -0.05) is 31.5 Å². The molecule has 27 heavy (non-hydrogen) atoms. The summed E-state index contributed by atoms with van der Waals surface area (Å²) in [5.41, 5.74) is 2.73. The standard InChI is InChI=1S/C20H19ClN4O2/c1-12(2)11-27-20(26)25-18-7-5-14(9-16(18)19(23-3)24-25)15-8-13(10-22)4-6-17(15)21/h4-9,12H,11H2,1-3H3,(H,23,24). The molecule has 6 nitrogen and oxygen atoms in total. The molecule has 7 heteroatoms. The van der Waals surface area contributed by atoms with Gasteiger partial charge in [0.1, 0.15) is 0 Å². The van der Waals surface area contributed by atoms with Crippen molar-refractivity contribution in [1.82, 2.24) is 9.78 Å². The van der Waals surface area contributed by atoms with Crippen LogP contribution in [0.25, 0.3) is 22.0 Å². The van der Waals surface area contributed by atoms with Gasteiger partial charge in [0.05, 0.1) is 23.8 Å². The number of carbonyl (C=O) groups is 1. The molecule has 0 fully saturated rings. The lowest BCUT2D eigenvalue weighted by Crippen LogP contribution is -2.17. The molecule has 1 aromatic heterocycles. The van der Waals surface area contributed by atoms with E-state index in [1.165, 1.54) is 4.68 Å². The largest absolute Gasteiger partial charge is 0.448 e. The van der Waals surface area contributed by atoms with Gasteiger partial charge in [-0.05, 0) is 41.8 Å². The second-order valence-corrected chi connectivity index (χ2v) is 6.93. The van der Waals surface area contributed by atoms with Gasteiger partial charge >= 0.3 is 6.09 Å². The van der Waals surface area contributed by atoms with Crippen molar-refractivity contribution in [1.29, 1.82) is 5.26 Å². The van der Waals surface area contributed by atoms with Gasteiger partial charge in [0.2, 0.25) is 0 Å². The van der Waals surface area contributed by atoms with Crippen LogP contribution in [0.5, 0.6) is 0 Å². The molecule has 0 unspecified atom stereocenters. The summed E-state index contributed by atoms with van der Waals surface area (Å²) in [4.78, 5) is 12.4. The van der Waals surface area contributed by atoms with Crippen LogP contribution in [0.15, 0.2) is 36.4 Å². The number of anilines is 1. The fourth-order valence-corrected chi connectivity index (χ4v) is 2.95. The first-order valence-corrected chi connectivity index (χ1v) is 8.90. The molecule has 1 heterocycles. The fourth-order valence-electron chi connectivity index (χ4n) is 2.72. The van der Waals surface area contributed by atoms with Crippen molar-refractivity contribution in [3.05, 3.63) is 47.0 Å². The average molecular weight is 383 g/mol. The van der Waals surface area contributed by atoms with E-state index in [2.05, 4.69) is 16.5 Å². The minimum atomic E-state index is -0.521. The van der Waals surface area contributed by atoms with E-state index in [1.807, 2.05) is 26.0 Å². The Kier molecular flexibility index (Phi) is 5.33. The van der Waals surface area contributed by atoms with E-state index in [0.29, 0.717) is 28.5 Å². The lowest BCUT2D eigenvalue weighted by molar-refractivity contribution is 0.132. The molecule has 0 amide bonds. The van der Waals surface area contributed by atoms with E-state index in [9.17, 15) is 4.79 Å². The minimum absolute atomic E-state index is 0.237. The van der Waals surface area contributed by atoms with Gasteiger partial charge in [0.25, 0.3) is 0 Å². The van der Waals surface area contributed by atoms with Gasteiger partial charge in [0, 0.05) is 23.0 Å². The molecule has 0 aliphatic carbocycles. The average Bonchev–Trinajstić information content (AvgIpc) is 3.04. The number of hydrogen-bond donors (Lipinski definition) is 1. The maximum atomic E-state index is 12.4. The minimum Gasteiger partial charge on any atom is -0.448 e. The van der Waals surface area contributed by atoms with Crippen molar-refractivity contribution in [2.75, 3.05) is 19.0 Å². The Labute approximate surface area is 162 Å². The van der Waals surface area contributed by atoms with Gasteiger partial charge in [-0.2, -0.15) is 9.94 Å². The van der Waals surface area contributed by atoms with E-state index in [1.54, 1.807) is 31.3 Å². The van der Waals surface area contributed by atoms with Crippen molar-refractivity contribution < 1.29 is 9.53 Å². The summed E-state index contributed by atoms with van der Waals surface area (Å²) >= 11 is 6.32. The fraction of sp³-hybridized carbons (Fsp3) is 0.250. The zero-order chi connectivity index (χ0) is 19.6. The summed E-state index contributed by atoms with van der Waals surface area (Å²) < 4.78 is 6.55. The third kappa shape index (κ3) is 3.74. The maximum absolute atomic E-state index is 12.4. The predicted molar refractivity (Wildman–Crippen MR) is 106 cm³/mol. The van der Waals surface area contributed by atoms with Crippen LogP contribution < -0.4 is 5.32 Å². The van der Waals surface area contributed by atoms with Crippen LogP contribution in [0.2, 0.25) is 5.02 Å². The number of nitrogens with one attached hydrogen (secondary N) is 1. The Hall–Kier alpha value is -3.04. The van der Waals surface area contributed by atoms with E-state index in [0.717, 1.165) is 16.5 Å². The zero-order valence-electron chi connectivity index (χ0n) is 15.3. The Bertz CT molecular complexity index is 1050. The molecular weight excluding hydrogens is 364 g/mol. The molecule has 0 radical (unpaired) electrons. The summed E-state index contributed by atoms with van der Waals surface area (Å²) in [5, 5.41) is 17.8. The molecule has 0 saturated carbocycles. The molecular formula is C20H19ClN4O2. The van der Waals surface area contributed by atoms with Crippen molar-refractivity contribution >= 4 is 34.4 Å². The van der Waals surface area contributed by atoms with Crippen molar-refractivity contribution in [3.63, 3.8) is 0 Å². The second-order valence-electron chi connectivity index (χ2n) is 6.52. The summed E-state index contributed by atoms with van der Waals surface area (Å²) in [5.74, 6) is 0.793. The summed E-state index contributed by atoms with van der Waals surface area (Å²) in [6.07, 6.45) is -0.521. The van der Waals surface area contributed by atoms with Crippen molar-refractivity contribution in [3.8, 4) is 17.2 Å². The van der Waals surface area contributed by atoms with E-state index >= 15 is 0 Å². The Morgan fingerprint density at radius 1 is 1.33 bits per heavy atom. The highest BCUT2D eigenvalue weighted by Crippen LogP contribution is 2.33. The molecule has 0 spiro atoms. The zero-order valence-corrected chi connectivity index (χ0v) is 16.0. The van der Waals surface area contributed by atoms with Crippen LogP contribution in [0.3, 0.4) is 0 Å². The van der Waals surface area contributed by atoms with Gasteiger partial charge < -0.3 is 10.1 Å². The van der Waals surface area contributed by atoms with Gasteiger partial charge in [0.15, 0.2) is 5.82 Å². The normalized spacial score (nSPS) is 10.8. The molecule has 0 aliphatic rings. The number of aromatic nitrogens is 2. The van der Waals surface area contributed by atoms with Gasteiger partial charge in [-0.15, -0.1) is 5.10 Å². The second kappa shape index (κ2) is 7.68. The highest BCUT2D eigenvalue weighted by molar-refractivity contribution is 6.33. The highest BCUT2D eigenvalue weighted by atomic mass is 35.5. The SMILES string of the molecule is CNc1nn(C(=O)OCC(C)C)c2ccc(-c3cc(C#N)ccc3Cl)cc12. The first kappa shape index (κ1) is 18.7. The lowest BCUT2D eigenvalue weighted by Gasteiger charge is -2.08. The first-order valence-electron chi connectivity index (χ1n) is 8.52. The number of hydrogen-bond acceptors (Lipinski definition) is 5. The molecule has 1 N–H and O–H groups in total. The number of halogens is 1.